The Morgan fingerprint density at radius 2 is 2.23 bits per heavy atom. The molecule has 4 nitrogen and oxygen atoms in total. The summed E-state index contributed by atoms with van der Waals surface area (Å²) in [5.74, 6) is -0.936. The molecule has 0 saturated carbocycles. The molecule has 1 rings (SSSR count). The monoisotopic (exact) mass is 205 g/mol. The van der Waals surface area contributed by atoms with Crippen LogP contribution in [0.5, 0.6) is 5.75 Å². The highest BCUT2D eigenvalue weighted by atomic mass is 32.2. The van der Waals surface area contributed by atoms with Gasteiger partial charge < -0.3 is 4.74 Å². The second-order valence-electron chi connectivity index (χ2n) is 2.53. The second-order valence-corrected chi connectivity index (χ2v) is 4.61. The number of rotatable bonds is 3. The summed E-state index contributed by atoms with van der Waals surface area (Å²) in [5.41, 5.74) is 0. The molecule has 0 aromatic carbocycles. The molecule has 0 aliphatic carbocycles. The van der Waals surface area contributed by atoms with Gasteiger partial charge in [-0.1, -0.05) is 0 Å². The highest BCUT2D eigenvalue weighted by molar-refractivity contribution is 7.90. The van der Waals surface area contributed by atoms with Crippen molar-refractivity contribution in [2.45, 2.75) is 0 Å². The van der Waals surface area contributed by atoms with Crippen molar-refractivity contribution < 1.29 is 17.5 Å². The van der Waals surface area contributed by atoms with Crippen molar-refractivity contribution in [1.29, 1.82) is 0 Å². The van der Waals surface area contributed by atoms with Crippen LogP contribution in [0, 0.1) is 5.82 Å². The highest BCUT2D eigenvalue weighted by Gasteiger charge is 2.03. The van der Waals surface area contributed by atoms with E-state index in [1.54, 1.807) is 0 Å². The van der Waals surface area contributed by atoms with Crippen LogP contribution in [0.3, 0.4) is 0 Å². The van der Waals surface area contributed by atoms with Crippen LogP contribution >= 0.6 is 0 Å². The van der Waals surface area contributed by atoms with Gasteiger partial charge in [0, 0.05) is 12.3 Å². The fraction of sp³-hybridized carbons (Fsp3) is 0.286. The SMILES string of the molecule is CS(=O)(=O)COc1cncc(F)c1. The topological polar surface area (TPSA) is 56.3 Å². The van der Waals surface area contributed by atoms with Gasteiger partial charge >= 0.3 is 0 Å². The van der Waals surface area contributed by atoms with Crippen LogP contribution < -0.4 is 4.74 Å². The first-order chi connectivity index (χ1) is 5.97. The van der Waals surface area contributed by atoms with Gasteiger partial charge in [-0.3, -0.25) is 4.98 Å². The minimum Gasteiger partial charge on any atom is -0.476 e. The lowest BCUT2D eigenvalue weighted by Crippen LogP contribution is -2.09. The first kappa shape index (κ1) is 9.91. The van der Waals surface area contributed by atoms with E-state index in [-0.39, 0.29) is 5.75 Å². The van der Waals surface area contributed by atoms with Gasteiger partial charge in [0.15, 0.2) is 15.8 Å². The van der Waals surface area contributed by atoms with E-state index in [2.05, 4.69) is 4.98 Å². The molecule has 0 aliphatic heterocycles. The van der Waals surface area contributed by atoms with Gasteiger partial charge in [0.25, 0.3) is 0 Å². The molecule has 0 N–H and O–H groups in total. The predicted octanol–water partition coefficient (Wildman–Crippen LogP) is 0.602. The van der Waals surface area contributed by atoms with Crippen molar-refractivity contribution in [3.05, 3.63) is 24.3 Å². The second kappa shape index (κ2) is 3.69. The van der Waals surface area contributed by atoms with E-state index in [9.17, 15) is 12.8 Å². The molecule has 1 heterocycles. The molecular weight excluding hydrogens is 197 g/mol. The van der Waals surface area contributed by atoms with Gasteiger partial charge in [0.1, 0.15) is 11.6 Å². The summed E-state index contributed by atoms with van der Waals surface area (Å²) in [6.07, 6.45) is 3.28. The molecule has 1 aromatic rings. The van der Waals surface area contributed by atoms with E-state index >= 15 is 0 Å². The average molecular weight is 205 g/mol. The summed E-state index contributed by atoms with van der Waals surface area (Å²) < 4.78 is 38.6. The summed E-state index contributed by atoms with van der Waals surface area (Å²) in [4.78, 5) is 3.49. The fourth-order valence-corrected chi connectivity index (χ4v) is 0.997. The molecule has 72 valence electrons. The van der Waals surface area contributed by atoms with E-state index in [1.165, 1.54) is 6.20 Å². The Balaban J connectivity index is 2.65. The number of ether oxygens (including phenoxy) is 1. The lowest BCUT2D eigenvalue weighted by atomic mass is 10.4. The third-order valence-electron chi connectivity index (χ3n) is 1.12. The molecule has 0 bridgehead atoms. The van der Waals surface area contributed by atoms with Gasteiger partial charge in [-0.2, -0.15) is 0 Å². The first-order valence-electron chi connectivity index (χ1n) is 3.38. The molecule has 0 unspecified atom stereocenters. The minimum absolute atomic E-state index is 0.102. The minimum atomic E-state index is -3.21. The predicted molar refractivity (Wildman–Crippen MR) is 44.5 cm³/mol. The Bertz CT molecular complexity index is 390. The van der Waals surface area contributed by atoms with E-state index < -0.39 is 21.6 Å². The van der Waals surface area contributed by atoms with Crippen LogP contribution in [-0.4, -0.2) is 25.6 Å². The standard InChI is InChI=1S/C7H8FNO3S/c1-13(10,11)5-12-7-2-6(8)3-9-4-7/h2-4H,5H2,1H3. The van der Waals surface area contributed by atoms with Crippen LogP contribution in [0.2, 0.25) is 0 Å². The molecule has 0 aliphatic rings. The zero-order valence-corrected chi connectivity index (χ0v) is 7.71. The Kier molecular flexibility index (Phi) is 2.82. The van der Waals surface area contributed by atoms with E-state index in [1.807, 2.05) is 0 Å². The fourth-order valence-electron chi connectivity index (χ4n) is 0.646. The summed E-state index contributed by atoms with van der Waals surface area (Å²) >= 11 is 0. The number of sulfone groups is 1. The normalized spacial score (nSPS) is 11.2. The largest absolute Gasteiger partial charge is 0.476 e. The molecule has 0 amide bonds. The summed E-state index contributed by atoms with van der Waals surface area (Å²) in [6, 6.07) is 1.07. The number of nitrogens with zero attached hydrogens (tertiary/aromatic N) is 1. The maximum atomic E-state index is 12.5. The third-order valence-corrected chi connectivity index (χ3v) is 1.67. The molecule has 1 aromatic heterocycles. The first-order valence-corrected chi connectivity index (χ1v) is 5.44. The molecule has 0 radical (unpaired) electrons. The Hall–Kier alpha value is -1.17. The lowest BCUT2D eigenvalue weighted by Gasteiger charge is -2.02. The Morgan fingerprint density at radius 3 is 2.77 bits per heavy atom. The molecule has 0 fully saturated rings. The van der Waals surface area contributed by atoms with Crippen LogP contribution in [-0.2, 0) is 9.84 Å². The van der Waals surface area contributed by atoms with Crippen molar-refractivity contribution in [1.82, 2.24) is 4.98 Å². The van der Waals surface area contributed by atoms with Gasteiger partial charge in [-0.05, 0) is 0 Å². The van der Waals surface area contributed by atoms with Crippen LogP contribution in [0.25, 0.3) is 0 Å². The van der Waals surface area contributed by atoms with Gasteiger partial charge in [-0.15, -0.1) is 0 Å². The van der Waals surface area contributed by atoms with Crippen molar-refractivity contribution in [2.24, 2.45) is 0 Å². The molecule has 0 atom stereocenters. The maximum Gasteiger partial charge on any atom is 0.188 e. The number of pyridine rings is 1. The quantitative estimate of drug-likeness (QED) is 0.725. The molecular formula is C7H8FNO3S. The van der Waals surface area contributed by atoms with Gasteiger partial charge in [-0.25, -0.2) is 12.8 Å². The molecule has 13 heavy (non-hydrogen) atoms. The summed E-state index contributed by atoms with van der Waals surface area (Å²) in [5, 5.41) is 0. The number of halogens is 1. The molecule has 6 heteroatoms. The van der Waals surface area contributed by atoms with E-state index in [4.69, 9.17) is 4.74 Å². The van der Waals surface area contributed by atoms with Gasteiger partial charge in [0.05, 0.1) is 12.4 Å². The molecule has 0 spiro atoms. The zero-order valence-electron chi connectivity index (χ0n) is 6.90. The zero-order chi connectivity index (χ0) is 9.90. The number of aromatic nitrogens is 1. The number of hydrogen-bond acceptors (Lipinski definition) is 4. The number of hydrogen-bond donors (Lipinski definition) is 0. The maximum absolute atomic E-state index is 12.5. The Morgan fingerprint density at radius 1 is 1.54 bits per heavy atom. The van der Waals surface area contributed by atoms with Crippen molar-refractivity contribution in [2.75, 3.05) is 12.2 Å². The lowest BCUT2D eigenvalue weighted by molar-refractivity contribution is 0.373. The third kappa shape index (κ3) is 3.84. The highest BCUT2D eigenvalue weighted by Crippen LogP contribution is 2.09. The van der Waals surface area contributed by atoms with Gasteiger partial charge in [0.2, 0.25) is 0 Å². The average Bonchev–Trinajstić information content (AvgIpc) is 2.00. The smallest absolute Gasteiger partial charge is 0.188 e. The van der Waals surface area contributed by atoms with Crippen LogP contribution in [0.15, 0.2) is 18.5 Å². The van der Waals surface area contributed by atoms with E-state index in [0.717, 1.165) is 18.5 Å². The van der Waals surface area contributed by atoms with Crippen molar-refractivity contribution in [3.63, 3.8) is 0 Å². The summed E-state index contributed by atoms with van der Waals surface area (Å²) in [7, 11) is -3.21. The Labute approximate surface area is 75.3 Å². The molecule has 0 saturated heterocycles. The van der Waals surface area contributed by atoms with Crippen LogP contribution in [0.1, 0.15) is 0 Å². The van der Waals surface area contributed by atoms with Crippen molar-refractivity contribution >= 4 is 9.84 Å². The van der Waals surface area contributed by atoms with Crippen molar-refractivity contribution in [3.8, 4) is 5.75 Å². The summed E-state index contributed by atoms with van der Waals surface area (Å²) in [6.45, 7) is 0. The van der Waals surface area contributed by atoms with E-state index in [0.29, 0.717) is 0 Å². The van der Waals surface area contributed by atoms with Crippen LogP contribution in [0.4, 0.5) is 4.39 Å².